The van der Waals surface area contributed by atoms with Gasteiger partial charge in [0.05, 0.1) is 30.9 Å². The Kier molecular flexibility index (Phi) is 9.84. The number of piperidine rings is 1. The lowest BCUT2D eigenvalue weighted by atomic mass is 9.93. The standard InChI is InChI=1S/C28H33F2N5O6/c1-40-17-22-24(26(36)41-2)25(19-7-8-20(29)21(30)16-19)35(28(38)32-22)27(37)31-11-5-12-33-14-9-18(10-15-33)23-6-3-4-13-34(23)39/h3-4,6-8,13,16,18,25H,5,9-12,14-15,17H2,1-2H3,(H2-,31,32,36,37,38,39)/p+1. The summed E-state index contributed by atoms with van der Waals surface area (Å²) in [7, 11) is 2.49. The second-order valence-electron chi connectivity index (χ2n) is 9.86. The highest BCUT2D eigenvalue weighted by Gasteiger charge is 2.43. The number of halogens is 2. The number of aromatic nitrogens is 1. The molecule has 0 bridgehead atoms. The Hall–Kier alpha value is -4.10. The number of hydrogen-bond donors (Lipinski definition) is 3. The van der Waals surface area contributed by atoms with E-state index < -0.39 is 35.7 Å². The highest BCUT2D eigenvalue weighted by atomic mass is 19.2. The number of nitrogens with one attached hydrogen (secondary N) is 2. The molecule has 1 aromatic heterocycles. The number of pyridine rings is 1. The quantitative estimate of drug-likeness (QED) is 0.182. The fraction of sp³-hybridized carbons (Fsp3) is 0.429. The van der Waals surface area contributed by atoms with Crippen molar-refractivity contribution in [3.05, 3.63) is 76.8 Å². The van der Waals surface area contributed by atoms with Crippen LogP contribution in [0.2, 0.25) is 0 Å². The molecule has 2 aliphatic heterocycles. The van der Waals surface area contributed by atoms with E-state index in [1.807, 2.05) is 12.1 Å². The van der Waals surface area contributed by atoms with Crippen LogP contribution in [0.15, 0.2) is 53.9 Å². The molecular formula is C28H34F2N5O6+. The summed E-state index contributed by atoms with van der Waals surface area (Å²) in [6.07, 6.45) is 3.97. The minimum atomic E-state index is -1.39. The van der Waals surface area contributed by atoms with Crippen molar-refractivity contribution in [1.29, 1.82) is 0 Å². The average molecular weight is 575 g/mol. The maximum atomic E-state index is 14.2. The van der Waals surface area contributed by atoms with Crippen LogP contribution in [0, 0.1) is 11.6 Å². The molecule has 2 aromatic rings. The molecule has 41 heavy (non-hydrogen) atoms. The number of methoxy groups -OCH3 is 2. The first-order valence-electron chi connectivity index (χ1n) is 13.3. The molecule has 1 unspecified atom stereocenters. The Morgan fingerprint density at radius 3 is 2.56 bits per heavy atom. The molecule has 1 aromatic carbocycles. The van der Waals surface area contributed by atoms with Gasteiger partial charge in [0.15, 0.2) is 11.6 Å². The molecule has 220 valence electrons. The minimum absolute atomic E-state index is 0.00777. The molecule has 0 saturated carbocycles. The van der Waals surface area contributed by atoms with E-state index >= 15 is 0 Å². The Bertz CT molecular complexity index is 1310. The first kappa shape index (κ1) is 29.9. The molecule has 3 N–H and O–H groups in total. The number of benzene rings is 1. The topological polar surface area (TPSA) is 124 Å². The van der Waals surface area contributed by atoms with Crippen LogP contribution in [0.3, 0.4) is 0 Å². The number of carbonyl (C=O) groups is 3. The van der Waals surface area contributed by atoms with Crippen LogP contribution >= 0.6 is 0 Å². The summed E-state index contributed by atoms with van der Waals surface area (Å²) in [4.78, 5) is 42.2. The van der Waals surface area contributed by atoms with Crippen molar-refractivity contribution in [1.82, 2.24) is 20.4 Å². The van der Waals surface area contributed by atoms with Gasteiger partial charge in [0, 0.05) is 30.5 Å². The molecule has 13 heteroatoms. The van der Waals surface area contributed by atoms with Crippen molar-refractivity contribution in [2.45, 2.75) is 31.2 Å². The van der Waals surface area contributed by atoms with Crippen molar-refractivity contribution in [3.63, 3.8) is 0 Å². The van der Waals surface area contributed by atoms with Crippen LogP contribution in [-0.2, 0) is 14.3 Å². The highest BCUT2D eigenvalue weighted by molar-refractivity contribution is 6.01. The van der Waals surface area contributed by atoms with Gasteiger partial charge >= 0.3 is 18.0 Å². The molecule has 1 saturated heterocycles. The normalized spacial score (nSPS) is 18.3. The van der Waals surface area contributed by atoms with E-state index in [1.54, 1.807) is 12.3 Å². The van der Waals surface area contributed by atoms with Gasteiger partial charge in [0.1, 0.15) is 6.04 Å². The molecule has 0 aliphatic carbocycles. The summed E-state index contributed by atoms with van der Waals surface area (Å²) in [5.74, 6) is -2.93. The van der Waals surface area contributed by atoms with Gasteiger partial charge < -0.3 is 25.0 Å². The molecular weight excluding hydrogens is 540 g/mol. The van der Waals surface area contributed by atoms with Crippen molar-refractivity contribution >= 4 is 18.0 Å². The summed E-state index contributed by atoms with van der Waals surface area (Å²) < 4.78 is 39.1. The van der Waals surface area contributed by atoms with Crippen LogP contribution in [0.5, 0.6) is 0 Å². The van der Waals surface area contributed by atoms with Crippen LogP contribution in [0.25, 0.3) is 0 Å². The Morgan fingerprint density at radius 1 is 1.15 bits per heavy atom. The van der Waals surface area contributed by atoms with E-state index in [-0.39, 0.29) is 35.9 Å². The minimum Gasteiger partial charge on any atom is -0.466 e. The maximum Gasteiger partial charge on any atom is 0.338 e. The molecule has 0 spiro atoms. The average Bonchev–Trinajstić information content (AvgIpc) is 2.97. The van der Waals surface area contributed by atoms with E-state index in [0.29, 0.717) is 13.0 Å². The van der Waals surface area contributed by atoms with Crippen molar-refractivity contribution < 1.29 is 42.6 Å². The Morgan fingerprint density at radius 2 is 1.90 bits per heavy atom. The molecule has 4 amide bonds. The monoisotopic (exact) mass is 574 g/mol. The van der Waals surface area contributed by atoms with E-state index in [9.17, 15) is 28.4 Å². The number of carbonyl (C=O) groups excluding carboxylic acids is 3. The third-order valence-corrected chi connectivity index (χ3v) is 7.31. The summed E-state index contributed by atoms with van der Waals surface area (Å²) in [5, 5.41) is 15.3. The van der Waals surface area contributed by atoms with Gasteiger partial charge in [-0.3, -0.25) is 5.21 Å². The van der Waals surface area contributed by atoms with Gasteiger partial charge in [-0.1, -0.05) is 6.07 Å². The van der Waals surface area contributed by atoms with Crippen LogP contribution in [-0.4, -0.2) is 80.0 Å². The summed E-state index contributed by atoms with van der Waals surface area (Å²) in [6.45, 7) is 2.40. The van der Waals surface area contributed by atoms with E-state index in [4.69, 9.17) is 9.47 Å². The Labute approximate surface area is 236 Å². The number of hydrogen-bond acceptors (Lipinski definition) is 7. The first-order valence-corrected chi connectivity index (χ1v) is 13.3. The van der Waals surface area contributed by atoms with Crippen molar-refractivity contribution in [3.8, 4) is 0 Å². The number of amides is 4. The molecule has 2 aliphatic rings. The van der Waals surface area contributed by atoms with Gasteiger partial charge in [-0.05, 0) is 62.7 Å². The van der Waals surface area contributed by atoms with Crippen molar-refractivity contribution in [2.75, 3.05) is 47.0 Å². The number of rotatable bonds is 9. The van der Waals surface area contributed by atoms with Gasteiger partial charge in [-0.25, -0.2) is 28.1 Å². The third kappa shape index (κ3) is 6.80. The number of urea groups is 2. The number of esters is 1. The van der Waals surface area contributed by atoms with Gasteiger partial charge in [0.2, 0.25) is 11.9 Å². The first-order chi connectivity index (χ1) is 19.7. The SMILES string of the molecule is COCC1=C(C(=O)OC)C(c2ccc(F)c(F)c2)N(C(=O)NCCCN2CCC(c3cccc[n+]3O)CC2)C(=O)N1. The lowest BCUT2D eigenvalue weighted by Gasteiger charge is -2.36. The number of nitrogens with zero attached hydrogens (tertiary/aromatic N) is 3. The largest absolute Gasteiger partial charge is 0.466 e. The third-order valence-electron chi connectivity index (χ3n) is 7.31. The smallest absolute Gasteiger partial charge is 0.338 e. The zero-order valence-electron chi connectivity index (χ0n) is 22.9. The molecule has 1 atom stereocenters. The molecule has 4 rings (SSSR count). The van der Waals surface area contributed by atoms with Gasteiger partial charge in [-0.2, -0.15) is 0 Å². The van der Waals surface area contributed by atoms with Crippen molar-refractivity contribution in [2.24, 2.45) is 0 Å². The van der Waals surface area contributed by atoms with E-state index in [1.165, 1.54) is 17.9 Å². The number of imide groups is 1. The summed E-state index contributed by atoms with van der Waals surface area (Å²) in [5.41, 5.74) is 0.798. The fourth-order valence-corrected chi connectivity index (χ4v) is 5.29. The molecule has 0 radical (unpaired) electrons. The van der Waals surface area contributed by atoms with Crippen LogP contribution < -0.4 is 15.4 Å². The zero-order valence-corrected chi connectivity index (χ0v) is 22.9. The molecule has 11 nitrogen and oxygen atoms in total. The second-order valence-corrected chi connectivity index (χ2v) is 9.86. The lowest BCUT2D eigenvalue weighted by Crippen LogP contribution is -2.55. The number of ether oxygens (including phenoxy) is 2. The molecule has 3 heterocycles. The maximum absolute atomic E-state index is 14.2. The fourth-order valence-electron chi connectivity index (χ4n) is 5.29. The van der Waals surface area contributed by atoms with E-state index in [2.05, 4.69) is 15.5 Å². The summed E-state index contributed by atoms with van der Waals surface area (Å²) >= 11 is 0. The summed E-state index contributed by atoms with van der Waals surface area (Å²) in [6, 6.07) is 5.42. The van der Waals surface area contributed by atoms with Crippen LogP contribution in [0.4, 0.5) is 18.4 Å². The predicted octanol–water partition coefficient (Wildman–Crippen LogP) is 2.61. The second kappa shape index (κ2) is 13.5. The van der Waals surface area contributed by atoms with E-state index in [0.717, 1.165) is 55.8 Å². The van der Waals surface area contributed by atoms with Gasteiger partial charge in [0.25, 0.3) is 0 Å². The highest BCUT2D eigenvalue weighted by Crippen LogP contribution is 2.35. The lowest BCUT2D eigenvalue weighted by molar-refractivity contribution is -0.910. The zero-order chi connectivity index (χ0) is 29.5. The molecule has 1 fully saturated rings. The van der Waals surface area contributed by atoms with Crippen LogP contribution in [0.1, 0.15) is 42.5 Å². The Balaban J connectivity index is 1.42. The number of likely N-dealkylation sites (tertiary alicyclic amines) is 1. The predicted molar refractivity (Wildman–Crippen MR) is 141 cm³/mol. The van der Waals surface area contributed by atoms with Gasteiger partial charge in [-0.15, -0.1) is 0 Å².